The van der Waals surface area contributed by atoms with Crippen LogP contribution in [0.25, 0.3) is 10.4 Å². The summed E-state index contributed by atoms with van der Waals surface area (Å²) in [5, 5.41) is 57.8. The van der Waals surface area contributed by atoms with Crippen molar-refractivity contribution in [2.75, 3.05) is 12.4 Å². The number of phenols is 2. The number of azide groups is 1. The van der Waals surface area contributed by atoms with E-state index in [0.29, 0.717) is 10.7 Å². The number of thiocarbonyl (C=S) groups is 1. The number of benzene rings is 3. The first-order chi connectivity index (χ1) is 24.3. The largest absolute Gasteiger partial charge is 0.507 e. The molecule has 0 amide bonds. The van der Waals surface area contributed by atoms with Gasteiger partial charge in [-0.15, -0.1) is 0 Å². The normalized spacial score (nSPS) is 25.5. The van der Waals surface area contributed by atoms with E-state index in [9.17, 15) is 30.0 Å². The van der Waals surface area contributed by atoms with Crippen molar-refractivity contribution in [1.82, 2.24) is 5.43 Å². The Hall–Kier alpha value is -4.80. The Kier molecular flexibility index (Phi) is 9.94. The van der Waals surface area contributed by atoms with Crippen molar-refractivity contribution in [3.8, 4) is 17.2 Å². The second-order valence-corrected chi connectivity index (χ2v) is 13.3. The number of anilines is 1. The van der Waals surface area contributed by atoms with E-state index >= 15 is 0 Å². The highest BCUT2D eigenvalue weighted by Crippen LogP contribution is 2.52. The van der Waals surface area contributed by atoms with Crippen molar-refractivity contribution in [3.63, 3.8) is 0 Å². The number of aliphatic hydroxyl groups excluding tert-OH is 1. The van der Waals surface area contributed by atoms with Gasteiger partial charge < -0.3 is 40.0 Å². The zero-order valence-corrected chi connectivity index (χ0v) is 29.0. The Morgan fingerprint density at radius 2 is 1.82 bits per heavy atom. The van der Waals surface area contributed by atoms with Crippen LogP contribution in [-0.4, -0.2) is 80.1 Å². The van der Waals surface area contributed by atoms with Crippen molar-refractivity contribution >= 4 is 51.9 Å². The lowest BCUT2D eigenvalue weighted by molar-refractivity contribution is -0.245. The number of nitrogens with one attached hydrogen (secondary N) is 2. The highest BCUT2D eigenvalue weighted by atomic mass is 35.5. The van der Waals surface area contributed by atoms with Gasteiger partial charge in [-0.3, -0.25) is 15.0 Å². The van der Waals surface area contributed by atoms with E-state index < -0.39 is 70.4 Å². The van der Waals surface area contributed by atoms with E-state index in [0.717, 1.165) is 0 Å². The molecule has 0 saturated carbocycles. The molecule has 0 spiro atoms. The Bertz CT molecular complexity index is 2020. The van der Waals surface area contributed by atoms with Crippen LogP contribution >= 0.6 is 23.8 Å². The van der Waals surface area contributed by atoms with Crippen molar-refractivity contribution in [2.45, 2.75) is 69.4 Å². The molecule has 0 aromatic heterocycles. The zero-order valence-electron chi connectivity index (χ0n) is 27.5. The predicted molar refractivity (Wildman–Crippen MR) is 189 cm³/mol. The number of fused-ring (bicyclic) bond motifs is 3. The van der Waals surface area contributed by atoms with Crippen LogP contribution in [0.4, 0.5) is 5.69 Å². The number of aliphatic hydroxyl groups is 2. The summed E-state index contributed by atoms with van der Waals surface area (Å²) in [6, 6.07) is 10.3. The first-order valence-corrected chi connectivity index (χ1v) is 16.6. The average Bonchev–Trinajstić information content (AvgIpc) is 3.10. The fourth-order valence-electron chi connectivity index (χ4n) is 6.72. The molecule has 3 aliphatic rings. The summed E-state index contributed by atoms with van der Waals surface area (Å²) in [6.45, 7) is 3.07. The number of nitrogens with zero attached hydrogens (tertiary/aromatic N) is 4. The molecule has 0 radical (unpaired) electrons. The molecule has 266 valence electrons. The summed E-state index contributed by atoms with van der Waals surface area (Å²) in [5.74, 6) is -2.65. The topological polar surface area (TPSA) is 228 Å². The Labute approximate surface area is 301 Å². The maximum atomic E-state index is 14.0. The summed E-state index contributed by atoms with van der Waals surface area (Å²) in [7, 11) is 1.34. The van der Waals surface area contributed by atoms with Gasteiger partial charge in [0.05, 0.1) is 53.9 Å². The van der Waals surface area contributed by atoms with Gasteiger partial charge in [0.25, 0.3) is 0 Å². The molecule has 15 nitrogen and oxygen atoms in total. The fraction of sp³-hybridized carbons (Fsp3) is 0.353. The molecule has 1 heterocycles. The van der Waals surface area contributed by atoms with Gasteiger partial charge >= 0.3 is 0 Å². The molecule has 6 N–H and O–H groups in total. The van der Waals surface area contributed by atoms with Crippen LogP contribution in [-0.2, 0) is 15.9 Å². The van der Waals surface area contributed by atoms with Crippen molar-refractivity contribution in [2.24, 2.45) is 10.2 Å². The third kappa shape index (κ3) is 6.58. The van der Waals surface area contributed by atoms with E-state index in [2.05, 4.69) is 25.9 Å². The predicted octanol–water partition coefficient (Wildman–Crippen LogP) is 4.81. The molecule has 0 unspecified atom stereocenters. The summed E-state index contributed by atoms with van der Waals surface area (Å²) in [4.78, 5) is 30.6. The van der Waals surface area contributed by atoms with E-state index in [1.54, 1.807) is 31.2 Å². The average molecular weight is 737 g/mol. The lowest BCUT2D eigenvalue weighted by Crippen LogP contribution is -2.49. The van der Waals surface area contributed by atoms with Gasteiger partial charge in [-0.25, -0.2) is 0 Å². The first-order valence-electron chi connectivity index (χ1n) is 15.8. The monoisotopic (exact) mass is 736 g/mol. The molecule has 6 atom stereocenters. The van der Waals surface area contributed by atoms with Gasteiger partial charge in [0.15, 0.2) is 17.2 Å². The number of ketones is 2. The zero-order chi connectivity index (χ0) is 36.8. The number of hydrazone groups is 1. The standard InChI is InChI=1S/C34H33ClN6O9S/c1-14-28(42)20(39-41-36)11-23(49-14)50-22-13-34(47,15(2)38-40-33(51)37-17-9-7-16(35)8-10-17)12-19-25(22)32(46)27-26(30(19)44)29(43)18-5-4-6-21(48-3)24(18)31(27)45/h4-10,14,20,22-23,28,42,44,46-47H,11-13H2,1-3H3,(H2,37,40,51)/b38-15+/t14-,20-,22-,23-,28+,34-/m0/s1. The Morgan fingerprint density at radius 3 is 2.51 bits per heavy atom. The van der Waals surface area contributed by atoms with Crippen LogP contribution < -0.4 is 15.5 Å². The summed E-state index contributed by atoms with van der Waals surface area (Å²) in [5.41, 5.74) is 9.47. The van der Waals surface area contributed by atoms with Crippen LogP contribution in [0, 0.1) is 0 Å². The number of hydrogen-bond acceptors (Lipinski definition) is 12. The van der Waals surface area contributed by atoms with Gasteiger partial charge in [0.1, 0.15) is 22.8 Å². The van der Waals surface area contributed by atoms with Gasteiger partial charge in [-0.05, 0) is 61.9 Å². The number of rotatable bonds is 7. The van der Waals surface area contributed by atoms with Gasteiger partial charge in [-0.2, -0.15) is 5.10 Å². The van der Waals surface area contributed by atoms with Crippen LogP contribution in [0.3, 0.4) is 0 Å². The van der Waals surface area contributed by atoms with E-state index in [4.69, 9.17) is 43.6 Å². The van der Waals surface area contributed by atoms with Crippen molar-refractivity contribution < 1.29 is 44.2 Å². The smallest absolute Gasteiger partial charge is 0.202 e. The number of aromatic hydroxyl groups is 2. The van der Waals surface area contributed by atoms with E-state index in [1.165, 1.54) is 32.2 Å². The second-order valence-electron chi connectivity index (χ2n) is 12.5. The lowest BCUT2D eigenvalue weighted by Gasteiger charge is -2.42. The highest BCUT2D eigenvalue weighted by Gasteiger charge is 2.49. The maximum Gasteiger partial charge on any atom is 0.202 e. The van der Waals surface area contributed by atoms with Crippen LogP contribution in [0.1, 0.15) is 75.8 Å². The summed E-state index contributed by atoms with van der Waals surface area (Å²) < 4.78 is 17.5. The maximum absolute atomic E-state index is 14.0. The SMILES string of the molecule is COc1cccc2c1C(=O)c1c(O)c3c(c(O)c1C2=O)C[C@@](O)(/C(C)=N/NC(=S)Nc1ccc(Cl)cc1)C[C@@H]3O[C@H]1C[C@H](N=[N+]=[N-])[C@H](O)[C@H](C)O1. The van der Waals surface area contributed by atoms with Crippen LogP contribution in [0.15, 0.2) is 52.7 Å². The Balaban J connectivity index is 1.42. The first kappa shape index (κ1) is 36.0. The van der Waals surface area contributed by atoms with Crippen molar-refractivity contribution in [1.29, 1.82) is 0 Å². The van der Waals surface area contributed by atoms with Crippen LogP contribution in [0.2, 0.25) is 5.02 Å². The van der Waals surface area contributed by atoms with E-state index in [1.807, 2.05) is 0 Å². The van der Waals surface area contributed by atoms with Gasteiger partial charge in [0.2, 0.25) is 5.78 Å². The van der Waals surface area contributed by atoms with E-state index in [-0.39, 0.29) is 58.1 Å². The number of phenolic OH excluding ortho intramolecular Hbond substituents is 2. The fourth-order valence-corrected chi connectivity index (χ4v) is 7.01. The number of carbonyl (C=O) groups is 2. The molecule has 2 aliphatic carbocycles. The minimum absolute atomic E-state index is 0.0312. The Morgan fingerprint density at radius 1 is 1.12 bits per heavy atom. The molecule has 3 aromatic rings. The second kappa shape index (κ2) is 14.1. The van der Waals surface area contributed by atoms with Gasteiger partial charge in [0, 0.05) is 51.6 Å². The minimum Gasteiger partial charge on any atom is -0.507 e. The molecule has 1 fully saturated rings. The molecular formula is C34H33ClN6O9S. The number of methoxy groups -OCH3 is 1. The third-order valence-corrected chi connectivity index (χ3v) is 9.81. The number of ether oxygens (including phenoxy) is 3. The van der Waals surface area contributed by atoms with Crippen molar-refractivity contribution in [3.05, 3.63) is 91.3 Å². The molecule has 6 rings (SSSR count). The summed E-state index contributed by atoms with van der Waals surface area (Å²) >= 11 is 11.3. The highest BCUT2D eigenvalue weighted by molar-refractivity contribution is 7.80. The number of hydrogen-bond donors (Lipinski definition) is 6. The number of carbonyl (C=O) groups excluding carboxylic acids is 2. The summed E-state index contributed by atoms with van der Waals surface area (Å²) in [6.07, 6.45) is -5.15. The number of halogens is 1. The molecule has 0 bridgehead atoms. The molecule has 17 heteroatoms. The molecular weight excluding hydrogens is 704 g/mol. The molecule has 1 saturated heterocycles. The molecule has 1 aliphatic heterocycles. The lowest BCUT2D eigenvalue weighted by atomic mass is 9.72. The van der Waals surface area contributed by atoms with Crippen LogP contribution in [0.5, 0.6) is 17.2 Å². The molecule has 51 heavy (non-hydrogen) atoms. The molecule has 3 aromatic carbocycles. The third-order valence-electron chi connectivity index (χ3n) is 9.37. The van der Waals surface area contributed by atoms with Gasteiger partial charge in [-0.1, -0.05) is 28.8 Å². The minimum atomic E-state index is -1.88. The quantitative estimate of drug-likeness (QED) is 0.0286.